The summed E-state index contributed by atoms with van der Waals surface area (Å²) in [4.78, 5) is 28.6. The summed E-state index contributed by atoms with van der Waals surface area (Å²) in [6.45, 7) is 1.45. The smallest absolute Gasteiger partial charge is 0.335 e. The summed E-state index contributed by atoms with van der Waals surface area (Å²) in [6.07, 6.45) is 2.59. The number of carboxylic acids is 1. The average molecular weight is 321 g/mol. The van der Waals surface area contributed by atoms with Crippen LogP contribution in [0.15, 0.2) is 24.3 Å². The van der Waals surface area contributed by atoms with Gasteiger partial charge in [0.1, 0.15) is 0 Å². The van der Waals surface area contributed by atoms with Crippen molar-refractivity contribution in [3.05, 3.63) is 35.4 Å². The largest absolute Gasteiger partial charge is 0.478 e. The minimum Gasteiger partial charge on any atom is -0.478 e. The fourth-order valence-corrected chi connectivity index (χ4v) is 2.86. The number of likely N-dealkylation sites (N-methyl/N-ethyl adjacent to an activating group) is 1. The van der Waals surface area contributed by atoms with Gasteiger partial charge in [0, 0.05) is 20.3 Å². The molecule has 6 heteroatoms. The van der Waals surface area contributed by atoms with Crippen molar-refractivity contribution in [1.29, 1.82) is 0 Å². The van der Waals surface area contributed by atoms with E-state index >= 15 is 0 Å². The molecule has 1 N–H and O–H groups in total. The molecule has 0 bridgehead atoms. The van der Waals surface area contributed by atoms with E-state index in [0.29, 0.717) is 12.3 Å². The SMILES string of the molecule is CON(C)C(=O)C(CC1CCOCC1)c1ccc(C(=O)O)cc1. The number of benzene rings is 1. The molecule has 23 heavy (non-hydrogen) atoms. The topological polar surface area (TPSA) is 76.1 Å². The highest BCUT2D eigenvalue weighted by atomic mass is 16.7. The van der Waals surface area contributed by atoms with Gasteiger partial charge in [-0.25, -0.2) is 9.86 Å². The van der Waals surface area contributed by atoms with E-state index in [1.165, 1.54) is 24.3 Å². The summed E-state index contributed by atoms with van der Waals surface area (Å²) in [6, 6.07) is 6.51. The number of ether oxygens (including phenoxy) is 1. The molecule has 6 nitrogen and oxygen atoms in total. The number of aromatic carboxylic acids is 1. The highest BCUT2D eigenvalue weighted by Crippen LogP contribution is 2.31. The Bertz CT molecular complexity index is 536. The number of hydroxylamine groups is 2. The van der Waals surface area contributed by atoms with Gasteiger partial charge in [-0.15, -0.1) is 0 Å². The number of hydrogen-bond acceptors (Lipinski definition) is 4. The molecule has 0 aliphatic carbocycles. The number of carbonyl (C=O) groups excluding carboxylic acids is 1. The molecule has 1 amide bonds. The van der Waals surface area contributed by atoms with Gasteiger partial charge < -0.3 is 9.84 Å². The van der Waals surface area contributed by atoms with Crippen molar-refractivity contribution < 1.29 is 24.3 Å². The molecule has 0 saturated carbocycles. The van der Waals surface area contributed by atoms with Crippen molar-refractivity contribution in [2.75, 3.05) is 27.4 Å². The molecule has 0 spiro atoms. The minimum atomic E-state index is -0.974. The molecule has 1 unspecified atom stereocenters. The number of carboxylic acid groups (broad SMARTS) is 1. The molecule has 1 heterocycles. The number of amides is 1. The Labute approximate surface area is 135 Å². The van der Waals surface area contributed by atoms with Crippen LogP contribution in [0.25, 0.3) is 0 Å². The third-order valence-corrected chi connectivity index (χ3v) is 4.35. The van der Waals surface area contributed by atoms with Crippen LogP contribution in [0.1, 0.15) is 41.1 Å². The molecule has 1 aromatic rings. The fourth-order valence-electron chi connectivity index (χ4n) is 2.86. The van der Waals surface area contributed by atoms with E-state index in [4.69, 9.17) is 14.7 Å². The van der Waals surface area contributed by atoms with Crippen molar-refractivity contribution in [3.63, 3.8) is 0 Å². The summed E-state index contributed by atoms with van der Waals surface area (Å²) in [5.74, 6) is -1.02. The van der Waals surface area contributed by atoms with Crippen LogP contribution in [0.2, 0.25) is 0 Å². The molecule has 1 aliphatic heterocycles. The van der Waals surface area contributed by atoms with Crippen molar-refractivity contribution in [2.45, 2.75) is 25.2 Å². The Morgan fingerprint density at radius 3 is 2.43 bits per heavy atom. The lowest BCUT2D eigenvalue weighted by Gasteiger charge is -2.28. The van der Waals surface area contributed by atoms with Crippen molar-refractivity contribution in [3.8, 4) is 0 Å². The van der Waals surface area contributed by atoms with Crippen LogP contribution in [0, 0.1) is 5.92 Å². The monoisotopic (exact) mass is 321 g/mol. The summed E-state index contributed by atoms with van der Waals surface area (Å²) >= 11 is 0. The van der Waals surface area contributed by atoms with E-state index in [-0.39, 0.29) is 17.4 Å². The summed E-state index contributed by atoms with van der Waals surface area (Å²) in [7, 11) is 3.04. The van der Waals surface area contributed by atoms with Gasteiger partial charge in [0.05, 0.1) is 18.6 Å². The first-order valence-corrected chi connectivity index (χ1v) is 7.75. The first kappa shape index (κ1) is 17.4. The van der Waals surface area contributed by atoms with Crippen LogP contribution in [0.5, 0.6) is 0 Å². The number of nitrogens with zero attached hydrogens (tertiary/aromatic N) is 1. The average Bonchev–Trinajstić information content (AvgIpc) is 2.59. The van der Waals surface area contributed by atoms with Gasteiger partial charge in [-0.05, 0) is 42.9 Å². The van der Waals surface area contributed by atoms with Crippen LogP contribution < -0.4 is 0 Å². The quantitative estimate of drug-likeness (QED) is 0.814. The standard InChI is InChI=1S/C17H23NO5/c1-18(22-2)16(19)15(11-12-7-9-23-10-8-12)13-3-5-14(6-4-13)17(20)21/h3-6,12,15H,7-11H2,1-2H3,(H,20,21). The normalized spacial score (nSPS) is 16.8. The minimum absolute atomic E-state index is 0.123. The predicted octanol–water partition coefficient (Wildman–Crippen LogP) is 2.30. The van der Waals surface area contributed by atoms with E-state index in [9.17, 15) is 9.59 Å². The van der Waals surface area contributed by atoms with E-state index in [2.05, 4.69) is 0 Å². The molecule has 1 atom stereocenters. The van der Waals surface area contributed by atoms with Crippen LogP contribution in [0.4, 0.5) is 0 Å². The molecular formula is C17H23NO5. The molecule has 1 aromatic carbocycles. The summed E-state index contributed by atoms with van der Waals surface area (Å²) in [5.41, 5.74) is 1.03. The lowest BCUT2D eigenvalue weighted by atomic mass is 9.84. The van der Waals surface area contributed by atoms with Gasteiger partial charge in [-0.3, -0.25) is 9.63 Å². The first-order valence-electron chi connectivity index (χ1n) is 7.75. The van der Waals surface area contributed by atoms with Gasteiger partial charge in [-0.2, -0.15) is 0 Å². The number of rotatable bonds is 6. The van der Waals surface area contributed by atoms with Crippen LogP contribution in [0.3, 0.4) is 0 Å². The molecule has 126 valence electrons. The van der Waals surface area contributed by atoms with E-state index in [0.717, 1.165) is 31.6 Å². The molecule has 1 aliphatic rings. The highest BCUT2D eigenvalue weighted by Gasteiger charge is 2.28. The Kier molecular flexibility index (Phi) is 6.12. The maximum absolute atomic E-state index is 12.6. The Balaban J connectivity index is 2.20. The van der Waals surface area contributed by atoms with Crippen LogP contribution >= 0.6 is 0 Å². The zero-order valence-corrected chi connectivity index (χ0v) is 13.5. The second kappa shape index (κ2) is 8.08. The third-order valence-electron chi connectivity index (χ3n) is 4.35. The molecule has 2 rings (SSSR count). The highest BCUT2D eigenvalue weighted by molar-refractivity contribution is 5.88. The van der Waals surface area contributed by atoms with Crippen molar-refractivity contribution in [2.24, 2.45) is 5.92 Å². The van der Waals surface area contributed by atoms with Crippen molar-refractivity contribution in [1.82, 2.24) is 5.06 Å². The zero-order chi connectivity index (χ0) is 16.8. The Hall–Kier alpha value is -1.92. The van der Waals surface area contributed by atoms with E-state index < -0.39 is 5.97 Å². The molecule has 1 fully saturated rings. The number of hydrogen-bond donors (Lipinski definition) is 1. The summed E-state index contributed by atoms with van der Waals surface area (Å²) < 4.78 is 5.37. The third kappa shape index (κ3) is 4.53. The van der Waals surface area contributed by atoms with Gasteiger partial charge in [0.2, 0.25) is 0 Å². The van der Waals surface area contributed by atoms with Gasteiger partial charge in [0.25, 0.3) is 5.91 Å². The molecule has 0 aromatic heterocycles. The first-order chi connectivity index (χ1) is 11.0. The number of carbonyl (C=O) groups is 2. The maximum Gasteiger partial charge on any atom is 0.335 e. The van der Waals surface area contributed by atoms with Gasteiger partial charge >= 0.3 is 5.97 Å². The fraction of sp³-hybridized carbons (Fsp3) is 0.529. The second-order valence-corrected chi connectivity index (χ2v) is 5.79. The lowest BCUT2D eigenvalue weighted by molar-refractivity contribution is -0.171. The zero-order valence-electron chi connectivity index (χ0n) is 13.5. The van der Waals surface area contributed by atoms with E-state index in [1.807, 2.05) is 0 Å². The summed E-state index contributed by atoms with van der Waals surface area (Å²) in [5, 5.41) is 10.2. The molecule has 1 saturated heterocycles. The van der Waals surface area contributed by atoms with Crippen molar-refractivity contribution >= 4 is 11.9 Å². The predicted molar refractivity (Wildman–Crippen MR) is 84.1 cm³/mol. The van der Waals surface area contributed by atoms with Gasteiger partial charge in [0.15, 0.2) is 0 Å². The Morgan fingerprint density at radius 2 is 1.91 bits per heavy atom. The maximum atomic E-state index is 12.6. The lowest BCUT2D eigenvalue weighted by Crippen LogP contribution is -2.32. The second-order valence-electron chi connectivity index (χ2n) is 5.79. The molecular weight excluding hydrogens is 298 g/mol. The van der Waals surface area contributed by atoms with Crippen LogP contribution in [-0.4, -0.2) is 49.4 Å². The van der Waals surface area contributed by atoms with E-state index in [1.54, 1.807) is 19.2 Å². The molecule has 0 radical (unpaired) electrons. The Morgan fingerprint density at radius 1 is 1.30 bits per heavy atom. The van der Waals surface area contributed by atoms with Gasteiger partial charge in [-0.1, -0.05) is 12.1 Å². The van der Waals surface area contributed by atoms with Crippen LogP contribution in [-0.2, 0) is 14.4 Å².